The number of nitrogens with zero attached hydrogens (tertiary/aromatic N) is 2. The van der Waals surface area contributed by atoms with Crippen LogP contribution < -0.4 is 38.9 Å². The first-order valence-electron chi connectivity index (χ1n) is 19.0. The fourth-order valence-electron chi connectivity index (χ4n) is 7.96. The highest BCUT2D eigenvalue weighted by Gasteiger charge is 2.30. The van der Waals surface area contributed by atoms with Crippen molar-refractivity contribution < 1.29 is 19.2 Å². The van der Waals surface area contributed by atoms with Gasteiger partial charge in [0, 0.05) is 55.2 Å². The standard InChI is InChI=1S/C48H36N8O4/c49-45(57)29-9-1-25(2-10-29)41-33-17-19-35(53-33)42(26-3-11-30(12-4-26)46(50)58)37-21-23-39(55-37)44(28-7-15-32(16-8-28)48(52)60)40-24-22-38(56-40)43(36-20-18-34(41)54-36)27-5-13-31(14-6-27)47(51)59/h1-24,33,35,53-54H,(H2,49,57)(H2,50,58)(H2,51,59)(H2,52,60)/b41-34-,42-37-,43-36-,44-40-. The third-order valence-electron chi connectivity index (χ3n) is 10.9. The number of amides is 4. The third kappa shape index (κ3) is 6.82. The molecule has 4 aromatic carbocycles. The first-order chi connectivity index (χ1) is 29.0. The number of nitrogens with one attached hydrogen (secondary N) is 2. The molecule has 0 spiro atoms. The lowest BCUT2D eigenvalue weighted by Crippen LogP contribution is -2.35. The number of carbonyl (C=O) groups excluding carboxylic acids is 4. The van der Waals surface area contributed by atoms with Crippen LogP contribution in [0.4, 0.5) is 0 Å². The van der Waals surface area contributed by atoms with E-state index in [1.54, 1.807) is 48.5 Å². The Morgan fingerprint density at radius 1 is 0.417 bits per heavy atom. The molecule has 4 amide bonds. The topological polar surface area (TPSA) is 225 Å². The average Bonchev–Trinajstić information content (AvgIpc) is 4.10. The number of benzene rings is 4. The monoisotopic (exact) mass is 788 g/mol. The summed E-state index contributed by atoms with van der Waals surface area (Å²) in [5, 5.41) is 5.37. The molecule has 292 valence electrons. The lowest BCUT2D eigenvalue weighted by molar-refractivity contribution is 0.0992. The van der Waals surface area contributed by atoms with Crippen molar-refractivity contribution in [3.05, 3.63) is 212 Å². The number of aliphatic imine (C=N–C) groups is 2. The van der Waals surface area contributed by atoms with Crippen molar-refractivity contribution in [2.24, 2.45) is 32.9 Å². The van der Waals surface area contributed by atoms with Crippen LogP contribution in [-0.4, -0.2) is 52.1 Å². The first-order valence-corrected chi connectivity index (χ1v) is 19.0. The summed E-state index contributed by atoms with van der Waals surface area (Å²) in [6, 6.07) is 31.7. The van der Waals surface area contributed by atoms with Gasteiger partial charge in [0.1, 0.15) is 0 Å². The third-order valence-corrected chi connectivity index (χ3v) is 10.9. The summed E-state index contributed by atoms with van der Waals surface area (Å²) in [6.45, 7) is 0. The summed E-state index contributed by atoms with van der Waals surface area (Å²) in [6.07, 6.45) is 11.9. The van der Waals surface area contributed by atoms with Crippen LogP contribution in [0.15, 0.2) is 167 Å². The fourth-order valence-corrected chi connectivity index (χ4v) is 7.96. The number of hydrogen-bond donors (Lipinski definition) is 6. The van der Waals surface area contributed by atoms with E-state index in [4.69, 9.17) is 32.9 Å². The number of carbonyl (C=O) groups is 4. The number of fused-ring (bicyclic) bond motifs is 6. The molecule has 0 radical (unpaired) electrons. The Balaban J connectivity index is 1.34. The number of primary amides is 4. The number of nitrogens with two attached hydrogens (primary N) is 4. The number of allylic oxidation sites excluding steroid dienone is 5. The second-order valence-corrected chi connectivity index (χ2v) is 14.6. The Morgan fingerprint density at radius 2 is 0.800 bits per heavy atom. The zero-order valence-corrected chi connectivity index (χ0v) is 31.8. The Hall–Kier alpha value is -8.22. The SMILES string of the molecule is NC(=O)c1ccc(/C2=C3\C=CC(=N3)/C(c3ccc(C(N)=O)cc3)=c3/cc/c([nH]3)=C(\c3ccc(C(N)=O)cc3)C3C=CC(N3)/C(c3ccc(C(N)=O)cc3)=C3/C=CC2=N3)cc1. The van der Waals surface area contributed by atoms with Crippen LogP contribution in [-0.2, 0) is 0 Å². The molecule has 0 fully saturated rings. The van der Waals surface area contributed by atoms with Crippen molar-refractivity contribution in [1.29, 1.82) is 0 Å². The molecular formula is C48H36N8O4. The maximum atomic E-state index is 12.1. The van der Waals surface area contributed by atoms with Gasteiger partial charge in [-0.3, -0.25) is 24.5 Å². The molecule has 8 bridgehead atoms. The van der Waals surface area contributed by atoms with E-state index in [0.717, 1.165) is 55.2 Å². The summed E-state index contributed by atoms with van der Waals surface area (Å²) < 4.78 is 0. The van der Waals surface area contributed by atoms with E-state index in [1.807, 2.05) is 85.0 Å². The molecule has 0 saturated carbocycles. The van der Waals surface area contributed by atoms with Crippen LogP contribution in [0.5, 0.6) is 0 Å². The van der Waals surface area contributed by atoms with E-state index in [0.29, 0.717) is 45.1 Å². The van der Waals surface area contributed by atoms with Crippen LogP contribution in [0, 0.1) is 0 Å². The molecule has 9 rings (SSSR count). The molecule has 10 N–H and O–H groups in total. The van der Waals surface area contributed by atoms with Crippen molar-refractivity contribution in [1.82, 2.24) is 10.3 Å². The summed E-state index contributed by atoms with van der Waals surface area (Å²) in [5.74, 6) is -2.14. The van der Waals surface area contributed by atoms with E-state index < -0.39 is 23.6 Å². The van der Waals surface area contributed by atoms with Gasteiger partial charge in [0.2, 0.25) is 23.6 Å². The number of hydrogen-bond acceptors (Lipinski definition) is 7. The molecule has 60 heavy (non-hydrogen) atoms. The number of aromatic amines is 1. The molecule has 5 aromatic rings. The van der Waals surface area contributed by atoms with Crippen LogP contribution in [0.2, 0.25) is 0 Å². The summed E-state index contributed by atoms with van der Waals surface area (Å²) in [5.41, 5.74) is 33.0. The highest BCUT2D eigenvalue weighted by Crippen LogP contribution is 2.36. The Bertz CT molecular complexity index is 3030. The molecular weight excluding hydrogens is 753 g/mol. The molecule has 4 aliphatic rings. The molecule has 2 unspecified atom stereocenters. The van der Waals surface area contributed by atoms with Crippen molar-refractivity contribution in [2.45, 2.75) is 12.1 Å². The minimum absolute atomic E-state index is 0.337. The smallest absolute Gasteiger partial charge is 0.248 e. The minimum atomic E-state index is -0.543. The van der Waals surface area contributed by atoms with Gasteiger partial charge in [-0.25, -0.2) is 9.98 Å². The molecule has 0 saturated heterocycles. The summed E-state index contributed by atoms with van der Waals surface area (Å²) in [4.78, 5) is 62.5. The Labute approximate surface area is 343 Å². The summed E-state index contributed by atoms with van der Waals surface area (Å²) in [7, 11) is 0. The molecule has 4 aliphatic heterocycles. The van der Waals surface area contributed by atoms with E-state index in [1.165, 1.54) is 0 Å². The van der Waals surface area contributed by atoms with E-state index in [2.05, 4.69) is 22.5 Å². The van der Waals surface area contributed by atoms with E-state index in [9.17, 15) is 19.2 Å². The number of aromatic nitrogens is 1. The average molecular weight is 789 g/mol. The van der Waals surface area contributed by atoms with Crippen molar-refractivity contribution in [3.63, 3.8) is 0 Å². The Kier molecular flexibility index (Phi) is 9.30. The minimum Gasteiger partial charge on any atom is -0.366 e. The predicted molar refractivity (Wildman–Crippen MR) is 232 cm³/mol. The van der Waals surface area contributed by atoms with Crippen molar-refractivity contribution >= 4 is 57.3 Å². The van der Waals surface area contributed by atoms with Crippen LogP contribution in [0.1, 0.15) is 63.7 Å². The second kappa shape index (κ2) is 14.9. The molecule has 1 aromatic heterocycles. The maximum absolute atomic E-state index is 12.1. The van der Waals surface area contributed by atoms with Gasteiger partial charge in [-0.1, -0.05) is 60.7 Å². The van der Waals surface area contributed by atoms with Crippen LogP contribution >= 0.6 is 0 Å². The van der Waals surface area contributed by atoms with Gasteiger partial charge in [-0.15, -0.1) is 0 Å². The highest BCUT2D eigenvalue weighted by molar-refractivity contribution is 6.35. The lowest BCUT2D eigenvalue weighted by Gasteiger charge is -2.22. The number of H-pyrrole nitrogens is 1. The second-order valence-electron chi connectivity index (χ2n) is 14.6. The van der Waals surface area contributed by atoms with Crippen LogP contribution in [0.25, 0.3) is 22.3 Å². The molecule has 12 nitrogen and oxygen atoms in total. The van der Waals surface area contributed by atoms with Crippen LogP contribution in [0.3, 0.4) is 0 Å². The van der Waals surface area contributed by atoms with Gasteiger partial charge in [0.25, 0.3) is 0 Å². The molecule has 5 heterocycles. The van der Waals surface area contributed by atoms with Gasteiger partial charge >= 0.3 is 0 Å². The van der Waals surface area contributed by atoms with Gasteiger partial charge in [0.15, 0.2) is 0 Å². The van der Waals surface area contributed by atoms with E-state index in [-0.39, 0.29) is 12.1 Å². The van der Waals surface area contributed by atoms with Gasteiger partial charge in [-0.2, -0.15) is 0 Å². The Morgan fingerprint density at radius 3 is 1.30 bits per heavy atom. The van der Waals surface area contributed by atoms with Crippen molar-refractivity contribution in [2.75, 3.05) is 0 Å². The highest BCUT2D eigenvalue weighted by atomic mass is 16.2. The quantitative estimate of drug-likeness (QED) is 0.129. The molecule has 12 heteroatoms. The van der Waals surface area contributed by atoms with Crippen molar-refractivity contribution in [3.8, 4) is 0 Å². The van der Waals surface area contributed by atoms with Gasteiger partial charge in [-0.05, 0) is 107 Å². The predicted octanol–water partition coefficient (Wildman–Crippen LogP) is 3.56. The van der Waals surface area contributed by atoms with Gasteiger partial charge < -0.3 is 27.9 Å². The zero-order chi connectivity index (χ0) is 41.7. The first kappa shape index (κ1) is 37.4. The lowest BCUT2D eigenvalue weighted by atomic mass is 9.95. The van der Waals surface area contributed by atoms with E-state index >= 15 is 0 Å². The molecule has 2 atom stereocenters. The summed E-state index contributed by atoms with van der Waals surface area (Å²) >= 11 is 0. The van der Waals surface area contributed by atoms with Gasteiger partial charge in [0.05, 0.1) is 34.9 Å². The zero-order valence-electron chi connectivity index (χ0n) is 31.8. The largest absolute Gasteiger partial charge is 0.366 e. The maximum Gasteiger partial charge on any atom is 0.248 e. The normalized spacial score (nSPS) is 22.1. The molecule has 0 aliphatic carbocycles. The number of rotatable bonds is 8. The fraction of sp³-hybridized carbons (Fsp3) is 0.0417.